The molecular formula is C24H28N4O3S. The van der Waals surface area contributed by atoms with Crippen molar-refractivity contribution in [1.29, 1.82) is 0 Å². The van der Waals surface area contributed by atoms with Crippen LogP contribution >= 0.6 is 0 Å². The number of rotatable bonds is 4. The monoisotopic (exact) mass is 452 g/mol. The molecule has 1 spiro atoms. The molecule has 7 nitrogen and oxygen atoms in total. The van der Waals surface area contributed by atoms with Crippen molar-refractivity contribution in [3.8, 4) is 0 Å². The number of sulfonamides is 1. The van der Waals surface area contributed by atoms with Gasteiger partial charge in [-0.05, 0) is 55.5 Å². The number of benzene rings is 1. The summed E-state index contributed by atoms with van der Waals surface area (Å²) in [6.07, 6.45) is 9.95. The minimum absolute atomic E-state index is 0.0598. The summed E-state index contributed by atoms with van der Waals surface area (Å²) in [5.41, 5.74) is 0.879. The summed E-state index contributed by atoms with van der Waals surface area (Å²) in [6.45, 7) is 0.590. The van der Waals surface area contributed by atoms with Crippen LogP contribution in [0.15, 0.2) is 46.9 Å². The highest BCUT2D eigenvalue weighted by Crippen LogP contribution is 2.35. The van der Waals surface area contributed by atoms with Crippen LogP contribution < -0.4 is 5.32 Å². The third kappa shape index (κ3) is 4.09. The Morgan fingerprint density at radius 3 is 2.66 bits per heavy atom. The second kappa shape index (κ2) is 8.41. The average molecular weight is 453 g/mol. The van der Waals surface area contributed by atoms with Crippen LogP contribution in [0.4, 0.5) is 0 Å². The van der Waals surface area contributed by atoms with Gasteiger partial charge in [0.1, 0.15) is 11.4 Å². The Hall–Kier alpha value is -2.58. The van der Waals surface area contributed by atoms with Crippen molar-refractivity contribution < 1.29 is 13.2 Å². The van der Waals surface area contributed by atoms with Gasteiger partial charge in [-0.2, -0.15) is 4.31 Å². The number of amides is 1. The Labute approximate surface area is 188 Å². The van der Waals surface area contributed by atoms with E-state index >= 15 is 0 Å². The summed E-state index contributed by atoms with van der Waals surface area (Å²) in [7, 11) is -3.58. The third-order valence-electron chi connectivity index (χ3n) is 6.96. The minimum Gasteiger partial charge on any atom is -0.312 e. The fraction of sp³-hybridized carbons (Fsp3) is 0.458. The summed E-state index contributed by atoms with van der Waals surface area (Å²) in [5.74, 6) is 1.11. The lowest BCUT2D eigenvalue weighted by molar-refractivity contribution is -0.124. The van der Waals surface area contributed by atoms with Crippen LogP contribution in [-0.4, -0.2) is 48.1 Å². The Kier molecular flexibility index (Phi) is 5.59. The molecule has 5 rings (SSSR count). The van der Waals surface area contributed by atoms with Crippen molar-refractivity contribution in [2.75, 3.05) is 13.1 Å². The first-order valence-electron chi connectivity index (χ1n) is 11.4. The lowest BCUT2D eigenvalue weighted by Crippen LogP contribution is -2.50. The van der Waals surface area contributed by atoms with Gasteiger partial charge in [-0.25, -0.2) is 8.42 Å². The molecule has 0 bridgehead atoms. The smallest absolute Gasteiger partial charge is 0.253 e. The van der Waals surface area contributed by atoms with Gasteiger partial charge in [-0.15, -0.1) is 0 Å². The fourth-order valence-electron chi connectivity index (χ4n) is 5.01. The van der Waals surface area contributed by atoms with Gasteiger partial charge in [0.2, 0.25) is 10.0 Å². The van der Waals surface area contributed by atoms with Crippen molar-refractivity contribution in [2.24, 2.45) is 10.9 Å². The van der Waals surface area contributed by atoms with Gasteiger partial charge in [-0.3, -0.25) is 14.8 Å². The van der Waals surface area contributed by atoms with Crippen LogP contribution in [0.25, 0.3) is 17.0 Å². The number of piperidine rings is 1. The lowest BCUT2D eigenvalue weighted by atomic mass is 9.88. The maximum atomic E-state index is 12.9. The number of carbonyl (C=O) groups is 1. The molecule has 2 aliphatic heterocycles. The number of fused-ring (bicyclic) bond motifs is 1. The van der Waals surface area contributed by atoms with E-state index in [1.165, 1.54) is 29.0 Å². The third-order valence-corrected chi connectivity index (χ3v) is 8.52. The zero-order valence-electron chi connectivity index (χ0n) is 18.0. The number of nitrogens with zero attached hydrogens (tertiary/aromatic N) is 3. The molecule has 0 atom stereocenters. The first-order valence-corrected chi connectivity index (χ1v) is 12.9. The molecule has 0 radical (unpaired) electrons. The summed E-state index contributed by atoms with van der Waals surface area (Å²) in [4.78, 5) is 21.9. The van der Waals surface area contributed by atoms with Gasteiger partial charge in [0.05, 0.1) is 5.52 Å². The van der Waals surface area contributed by atoms with E-state index in [1.54, 1.807) is 12.3 Å². The topological polar surface area (TPSA) is 91.7 Å². The largest absolute Gasteiger partial charge is 0.312 e. The summed E-state index contributed by atoms with van der Waals surface area (Å²) in [5, 5.41) is 5.24. The molecule has 1 N–H and O–H groups in total. The normalized spacial score (nSPS) is 22.5. The SMILES string of the molecule is O=C1NC(C2CCCCC2)=NC12CCN(S(=O)(=O)C=Cc1ccc3ncccc3c1)CC2. The predicted octanol–water partition coefficient (Wildman–Crippen LogP) is 3.48. The number of hydrogen-bond acceptors (Lipinski definition) is 5. The van der Waals surface area contributed by atoms with E-state index in [0.717, 1.165) is 35.1 Å². The molecule has 3 heterocycles. The van der Waals surface area contributed by atoms with Crippen LogP contribution in [0.1, 0.15) is 50.5 Å². The maximum Gasteiger partial charge on any atom is 0.253 e. The first-order chi connectivity index (χ1) is 15.5. The summed E-state index contributed by atoms with van der Waals surface area (Å²) >= 11 is 0. The van der Waals surface area contributed by atoms with E-state index in [2.05, 4.69) is 10.3 Å². The standard InChI is InChI=1S/C24H28N4O3S/c29-23-24(27-22(26-23)19-5-2-1-3-6-19)11-14-28(15-12-24)32(30,31)16-10-18-8-9-21-20(17-18)7-4-13-25-21/h4,7-10,13,16-17,19H,1-3,5-6,11-12,14-15H2,(H,26,27,29). The van der Waals surface area contributed by atoms with Gasteiger partial charge in [-0.1, -0.05) is 31.4 Å². The highest BCUT2D eigenvalue weighted by atomic mass is 32.2. The lowest BCUT2D eigenvalue weighted by Gasteiger charge is -2.34. The second-order valence-electron chi connectivity index (χ2n) is 9.02. The molecule has 2 aromatic rings. The van der Waals surface area contributed by atoms with Crippen molar-refractivity contribution in [2.45, 2.75) is 50.5 Å². The fourth-order valence-corrected chi connectivity index (χ4v) is 6.20. The molecule has 1 amide bonds. The molecule has 2 fully saturated rings. The van der Waals surface area contributed by atoms with E-state index in [-0.39, 0.29) is 5.91 Å². The molecule has 1 aliphatic carbocycles. The zero-order chi connectivity index (χ0) is 22.2. The van der Waals surface area contributed by atoms with Crippen LogP contribution in [0.2, 0.25) is 0 Å². The van der Waals surface area contributed by atoms with Crippen molar-refractivity contribution in [1.82, 2.24) is 14.6 Å². The summed E-state index contributed by atoms with van der Waals surface area (Å²) < 4.78 is 27.3. The van der Waals surface area contributed by atoms with Gasteiger partial charge >= 0.3 is 0 Å². The number of aliphatic imine (C=N–C) groups is 1. The quantitative estimate of drug-likeness (QED) is 0.769. The van der Waals surface area contributed by atoms with Gasteiger partial charge in [0.25, 0.3) is 5.91 Å². The number of nitrogens with one attached hydrogen (secondary N) is 1. The molecular weight excluding hydrogens is 424 g/mol. The molecule has 3 aliphatic rings. The molecule has 168 valence electrons. The average Bonchev–Trinajstić information content (AvgIpc) is 3.14. The first kappa shape index (κ1) is 21.3. The van der Waals surface area contributed by atoms with E-state index in [0.29, 0.717) is 31.8 Å². The number of pyridine rings is 1. The minimum atomic E-state index is -3.58. The van der Waals surface area contributed by atoms with E-state index in [4.69, 9.17) is 4.99 Å². The van der Waals surface area contributed by atoms with Crippen molar-refractivity contribution >= 4 is 38.7 Å². The second-order valence-corrected chi connectivity index (χ2v) is 10.8. The van der Waals surface area contributed by atoms with Crippen LogP contribution in [0, 0.1) is 5.92 Å². The van der Waals surface area contributed by atoms with Crippen LogP contribution in [-0.2, 0) is 14.8 Å². The predicted molar refractivity (Wildman–Crippen MR) is 125 cm³/mol. The van der Waals surface area contributed by atoms with Crippen molar-refractivity contribution in [3.05, 3.63) is 47.5 Å². The highest BCUT2D eigenvalue weighted by molar-refractivity contribution is 7.92. The Morgan fingerprint density at radius 1 is 1.09 bits per heavy atom. The molecule has 32 heavy (non-hydrogen) atoms. The Bertz CT molecular complexity index is 1190. The zero-order valence-corrected chi connectivity index (χ0v) is 18.9. The Balaban J connectivity index is 1.27. The number of hydrogen-bond donors (Lipinski definition) is 1. The highest BCUT2D eigenvalue weighted by Gasteiger charge is 2.48. The molecule has 1 aromatic heterocycles. The van der Waals surface area contributed by atoms with Gasteiger partial charge < -0.3 is 5.32 Å². The molecule has 8 heteroatoms. The van der Waals surface area contributed by atoms with Crippen LogP contribution in [0.5, 0.6) is 0 Å². The number of aromatic nitrogens is 1. The molecule has 0 unspecified atom stereocenters. The number of amidine groups is 1. The molecule has 1 aromatic carbocycles. The van der Waals surface area contributed by atoms with Gasteiger partial charge in [0.15, 0.2) is 0 Å². The number of carbonyl (C=O) groups excluding carboxylic acids is 1. The summed E-state index contributed by atoms with van der Waals surface area (Å²) in [6, 6.07) is 9.47. The van der Waals surface area contributed by atoms with Crippen LogP contribution in [0.3, 0.4) is 0 Å². The maximum absolute atomic E-state index is 12.9. The Morgan fingerprint density at radius 2 is 1.88 bits per heavy atom. The van der Waals surface area contributed by atoms with Gasteiger partial charge in [0, 0.05) is 36.0 Å². The van der Waals surface area contributed by atoms with E-state index < -0.39 is 15.6 Å². The molecule has 1 saturated heterocycles. The molecule has 1 saturated carbocycles. The van der Waals surface area contributed by atoms with E-state index in [1.807, 2.05) is 30.3 Å². The van der Waals surface area contributed by atoms with E-state index in [9.17, 15) is 13.2 Å². The van der Waals surface area contributed by atoms with Crippen molar-refractivity contribution in [3.63, 3.8) is 0 Å².